The van der Waals surface area contributed by atoms with Gasteiger partial charge in [-0.05, 0) is 37.5 Å². The van der Waals surface area contributed by atoms with Crippen molar-refractivity contribution in [1.82, 2.24) is 15.0 Å². The van der Waals surface area contributed by atoms with Crippen LogP contribution in [0, 0.1) is 5.41 Å². The van der Waals surface area contributed by atoms with E-state index in [1.807, 2.05) is 0 Å². The molecule has 1 fully saturated rings. The normalized spacial score (nSPS) is 16.6. The Kier molecular flexibility index (Phi) is 9.18. The quantitative estimate of drug-likeness (QED) is 0.233. The van der Waals surface area contributed by atoms with Crippen LogP contribution in [0.15, 0.2) is 22.7 Å². The molecule has 0 radical (unpaired) electrons. The maximum absolute atomic E-state index is 13.7. The number of aromatic nitrogens is 2. The fourth-order valence-electron chi connectivity index (χ4n) is 4.17. The molecule has 3 rings (SSSR count). The van der Waals surface area contributed by atoms with E-state index in [4.69, 9.17) is 20.4 Å². The number of halogens is 3. The molecular formula is C24H34F3N5O2. The highest BCUT2D eigenvalue weighted by atomic mass is 19.4. The highest BCUT2D eigenvalue weighted by Gasteiger charge is 2.35. The van der Waals surface area contributed by atoms with Crippen molar-refractivity contribution in [3.63, 3.8) is 0 Å². The highest BCUT2D eigenvalue weighted by molar-refractivity contribution is 5.74. The molecule has 34 heavy (non-hydrogen) atoms. The minimum absolute atomic E-state index is 0.0219. The molecular weight excluding hydrogens is 447 g/mol. The Hall–Kier alpha value is -2.78. The number of unbranched alkanes of at least 4 members (excludes halogenated alkanes) is 6. The van der Waals surface area contributed by atoms with Crippen LogP contribution >= 0.6 is 0 Å². The molecule has 2 heterocycles. The largest absolute Gasteiger partial charge is 0.493 e. The van der Waals surface area contributed by atoms with Gasteiger partial charge in [0.05, 0.1) is 18.1 Å². The summed E-state index contributed by atoms with van der Waals surface area (Å²) in [6.45, 7) is 3.56. The van der Waals surface area contributed by atoms with Crippen LogP contribution in [0.3, 0.4) is 0 Å². The summed E-state index contributed by atoms with van der Waals surface area (Å²) in [6.07, 6.45) is 4.51. The second kappa shape index (κ2) is 12.1. The van der Waals surface area contributed by atoms with E-state index in [0.29, 0.717) is 19.0 Å². The second-order valence-corrected chi connectivity index (χ2v) is 8.81. The average Bonchev–Trinajstić information content (AvgIpc) is 3.31. The van der Waals surface area contributed by atoms with Crippen LogP contribution in [0.25, 0.3) is 11.4 Å². The Morgan fingerprint density at radius 2 is 1.94 bits per heavy atom. The number of hydrogen-bond donors (Lipinski definition) is 2. The number of nitrogens with one attached hydrogen (secondary N) is 1. The molecule has 1 saturated heterocycles. The fraction of sp³-hybridized carbons (Fsp3) is 0.625. The van der Waals surface area contributed by atoms with Crippen molar-refractivity contribution in [2.75, 3.05) is 19.7 Å². The van der Waals surface area contributed by atoms with Crippen molar-refractivity contribution in [3.05, 3.63) is 29.7 Å². The van der Waals surface area contributed by atoms with Gasteiger partial charge in [0.15, 0.2) is 5.96 Å². The van der Waals surface area contributed by atoms with Gasteiger partial charge in [-0.15, -0.1) is 0 Å². The summed E-state index contributed by atoms with van der Waals surface area (Å²) < 4.78 is 52.0. The van der Waals surface area contributed by atoms with Crippen LogP contribution in [0.4, 0.5) is 13.2 Å². The Bertz CT molecular complexity index is 932. The van der Waals surface area contributed by atoms with Crippen LogP contribution in [0.1, 0.15) is 82.1 Å². The van der Waals surface area contributed by atoms with E-state index in [9.17, 15) is 13.2 Å². The first-order valence-electron chi connectivity index (χ1n) is 12.1. The molecule has 10 heteroatoms. The third-order valence-electron chi connectivity index (χ3n) is 6.10. The molecule has 1 aromatic carbocycles. The van der Waals surface area contributed by atoms with E-state index in [-0.39, 0.29) is 35.6 Å². The van der Waals surface area contributed by atoms with Crippen molar-refractivity contribution in [2.45, 2.75) is 76.8 Å². The Morgan fingerprint density at radius 3 is 2.65 bits per heavy atom. The molecule has 188 valence electrons. The third kappa shape index (κ3) is 7.11. The Balaban J connectivity index is 1.64. The van der Waals surface area contributed by atoms with Crippen molar-refractivity contribution in [2.24, 2.45) is 5.73 Å². The maximum atomic E-state index is 13.7. The van der Waals surface area contributed by atoms with E-state index in [2.05, 4.69) is 17.1 Å². The lowest BCUT2D eigenvalue weighted by molar-refractivity contribution is -0.138. The number of likely N-dealkylation sites (tertiary alicyclic amines) is 1. The summed E-state index contributed by atoms with van der Waals surface area (Å²) in [5.74, 6) is 0.111. The maximum Gasteiger partial charge on any atom is 0.419 e. The van der Waals surface area contributed by atoms with Crippen molar-refractivity contribution < 1.29 is 22.4 Å². The summed E-state index contributed by atoms with van der Waals surface area (Å²) >= 11 is 0. The predicted octanol–water partition coefficient (Wildman–Crippen LogP) is 5.96. The van der Waals surface area contributed by atoms with Gasteiger partial charge in [0.2, 0.25) is 11.7 Å². The Labute approximate surface area is 198 Å². The summed E-state index contributed by atoms with van der Waals surface area (Å²) in [5, 5.41) is 11.5. The van der Waals surface area contributed by atoms with Crippen molar-refractivity contribution >= 4 is 5.96 Å². The van der Waals surface area contributed by atoms with Gasteiger partial charge in [-0.25, -0.2) is 0 Å². The molecule has 0 aliphatic carbocycles. The smallest absolute Gasteiger partial charge is 0.419 e. The van der Waals surface area contributed by atoms with Crippen LogP contribution in [-0.4, -0.2) is 40.7 Å². The van der Waals surface area contributed by atoms with Gasteiger partial charge in [-0.1, -0.05) is 50.6 Å². The first-order chi connectivity index (χ1) is 16.3. The lowest BCUT2D eigenvalue weighted by atomic mass is 9.98. The summed E-state index contributed by atoms with van der Waals surface area (Å²) in [7, 11) is 0. The zero-order chi connectivity index (χ0) is 24.6. The SMILES string of the molecule is CCCCCCCCCOc1ccc(-c2noc([C@@H]3CCCN(C(=N)N)C3)n2)cc1C(F)(F)F. The van der Waals surface area contributed by atoms with Crippen LogP contribution < -0.4 is 10.5 Å². The molecule has 0 bridgehead atoms. The first-order valence-corrected chi connectivity index (χ1v) is 12.1. The molecule has 1 atom stereocenters. The average molecular weight is 482 g/mol. The van der Waals surface area contributed by atoms with Gasteiger partial charge in [0.25, 0.3) is 0 Å². The van der Waals surface area contributed by atoms with E-state index in [1.54, 1.807) is 4.90 Å². The zero-order valence-corrected chi connectivity index (χ0v) is 19.7. The van der Waals surface area contributed by atoms with Gasteiger partial charge in [-0.3, -0.25) is 5.41 Å². The molecule has 0 spiro atoms. The number of benzene rings is 1. The van der Waals surface area contributed by atoms with Gasteiger partial charge in [0, 0.05) is 18.7 Å². The number of piperidine rings is 1. The molecule has 3 N–H and O–H groups in total. The highest BCUT2D eigenvalue weighted by Crippen LogP contribution is 2.39. The predicted molar refractivity (Wildman–Crippen MR) is 124 cm³/mol. The standard InChI is InChI=1S/C24H34F3N5O2/c1-2-3-4-5-6-7-8-14-33-20-12-11-17(15-19(20)24(25,26)27)21-30-22(34-31-21)18-10-9-13-32(16-18)23(28)29/h11-12,15,18H,2-10,13-14,16H2,1H3,(H3,28,29)/t18-/m1/s1. The van der Waals surface area contributed by atoms with E-state index < -0.39 is 11.7 Å². The number of nitrogens with two attached hydrogens (primary N) is 1. The molecule has 0 saturated carbocycles. The summed E-state index contributed by atoms with van der Waals surface area (Å²) in [6, 6.07) is 3.86. The number of alkyl halides is 3. The molecule has 0 amide bonds. The number of nitrogens with zero attached hydrogens (tertiary/aromatic N) is 3. The lowest BCUT2D eigenvalue weighted by Crippen LogP contribution is -2.42. The Morgan fingerprint density at radius 1 is 1.21 bits per heavy atom. The van der Waals surface area contributed by atoms with Gasteiger partial charge >= 0.3 is 6.18 Å². The fourth-order valence-corrected chi connectivity index (χ4v) is 4.17. The van der Waals surface area contributed by atoms with Crippen LogP contribution in [0.2, 0.25) is 0 Å². The van der Waals surface area contributed by atoms with Gasteiger partial charge < -0.3 is 19.9 Å². The summed E-state index contributed by atoms with van der Waals surface area (Å²) in [5.41, 5.74) is 4.94. The van der Waals surface area contributed by atoms with Crippen LogP contribution in [0.5, 0.6) is 5.75 Å². The topological polar surface area (TPSA) is 101 Å². The molecule has 1 aromatic heterocycles. The molecule has 2 aromatic rings. The lowest BCUT2D eigenvalue weighted by Gasteiger charge is -2.30. The number of guanidine groups is 1. The van der Waals surface area contributed by atoms with Crippen molar-refractivity contribution in [1.29, 1.82) is 5.41 Å². The minimum Gasteiger partial charge on any atom is -0.493 e. The monoisotopic (exact) mass is 481 g/mol. The van der Waals surface area contributed by atoms with Gasteiger partial charge in [0.1, 0.15) is 5.75 Å². The van der Waals surface area contributed by atoms with E-state index in [1.165, 1.54) is 31.4 Å². The van der Waals surface area contributed by atoms with E-state index in [0.717, 1.165) is 44.6 Å². The number of hydrogen-bond acceptors (Lipinski definition) is 5. The second-order valence-electron chi connectivity index (χ2n) is 8.81. The molecule has 7 nitrogen and oxygen atoms in total. The number of rotatable bonds is 11. The summed E-state index contributed by atoms with van der Waals surface area (Å²) in [4.78, 5) is 6.06. The van der Waals surface area contributed by atoms with Crippen molar-refractivity contribution in [3.8, 4) is 17.1 Å². The molecule has 1 aliphatic heterocycles. The zero-order valence-electron chi connectivity index (χ0n) is 19.7. The van der Waals surface area contributed by atoms with Crippen LogP contribution in [-0.2, 0) is 6.18 Å². The molecule has 0 unspecified atom stereocenters. The van der Waals surface area contributed by atoms with Gasteiger partial charge in [-0.2, -0.15) is 18.2 Å². The third-order valence-corrected chi connectivity index (χ3v) is 6.10. The minimum atomic E-state index is -4.57. The van der Waals surface area contributed by atoms with E-state index >= 15 is 0 Å². The number of ether oxygens (including phenoxy) is 1. The molecule has 1 aliphatic rings. The first kappa shape index (κ1) is 25.8.